The van der Waals surface area contributed by atoms with E-state index < -0.39 is 6.10 Å². The molecule has 0 aliphatic carbocycles. The van der Waals surface area contributed by atoms with Gasteiger partial charge >= 0.3 is 0 Å². The number of β-amino-alcohol motifs (C(OH)–C–C–N with tert-alkyl or cyclic N) is 1. The number of nitrogens with one attached hydrogen (secondary N) is 2. The lowest BCUT2D eigenvalue weighted by atomic mass is 10.1. The van der Waals surface area contributed by atoms with Crippen LogP contribution < -0.4 is 15.4 Å². The molecule has 2 atom stereocenters. The number of hydrogen-bond donors (Lipinski definition) is 3. The Hall–Kier alpha value is -1.34. The molecule has 0 aromatic heterocycles. The Morgan fingerprint density at radius 2 is 2.21 bits per heavy atom. The summed E-state index contributed by atoms with van der Waals surface area (Å²) in [6, 6.07) is 5.60. The quantitative estimate of drug-likeness (QED) is 0.608. The zero-order chi connectivity index (χ0) is 16.7. The standard InChI is InChI=1S/C17H26N2O4.ClH/c1-3-22-6-7-23-16-8-12(2)4-5-13(16)10-19-17(21)15-9-14(20)11-18-15;/h4-5,8,14-15,18,20H,3,6-7,9-11H2,1-2H3,(H,19,21);1H. The van der Waals surface area contributed by atoms with Crippen LogP contribution >= 0.6 is 12.4 Å². The minimum absolute atomic E-state index is 0. The number of carbonyl (C=O) groups excluding carboxylic acids is 1. The molecule has 3 N–H and O–H groups in total. The minimum atomic E-state index is -0.442. The molecular weight excluding hydrogens is 332 g/mol. The Balaban J connectivity index is 0.00000288. The van der Waals surface area contributed by atoms with Crippen molar-refractivity contribution >= 4 is 18.3 Å². The van der Waals surface area contributed by atoms with Gasteiger partial charge in [-0.1, -0.05) is 12.1 Å². The monoisotopic (exact) mass is 358 g/mol. The van der Waals surface area contributed by atoms with Crippen LogP contribution in [-0.4, -0.2) is 49.5 Å². The van der Waals surface area contributed by atoms with Gasteiger partial charge in [-0.2, -0.15) is 0 Å². The maximum atomic E-state index is 12.1. The fraction of sp³-hybridized carbons (Fsp3) is 0.588. The molecule has 1 aliphatic rings. The normalized spacial score (nSPS) is 19.6. The Labute approximate surface area is 149 Å². The number of halogens is 1. The summed E-state index contributed by atoms with van der Waals surface area (Å²) >= 11 is 0. The Bertz CT molecular complexity index is 527. The molecule has 1 aromatic carbocycles. The van der Waals surface area contributed by atoms with Gasteiger partial charge in [-0.3, -0.25) is 4.79 Å². The van der Waals surface area contributed by atoms with Gasteiger partial charge < -0.3 is 25.2 Å². The lowest BCUT2D eigenvalue weighted by Crippen LogP contribution is -2.40. The lowest BCUT2D eigenvalue weighted by molar-refractivity contribution is -0.123. The summed E-state index contributed by atoms with van der Waals surface area (Å²) in [5.41, 5.74) is 2.03. The van der Waals surface area contributed by atoms with Gasteiger partial charge in [0.25, 0.3) is 0 Å². The predicted octanol–water partition coefficient (Wildman–Crippen LogP) is 1.17. The number of amides is 1. The molecule has 1 amide bonds. The molecule has 1 saturated heterocycles. The summed E-state index contributed by atoms with van der Waals surface area (Å²) in [4.78, 5) is 12.1. The van der Waals surface area contributed by atoms with Crippen LogP contribution in [0.15, 0.2) is 18.2 Å². The highest BCUT2D eigenvalue weighted by molar-refractivity contribution is 5.85. The van der Waals surface area contributed by atoms with Crippen LogP contribution in [0.25, 0.3) is 0 Å². The van der Waals surface area contributed by atoms with E-state index in [0.717, 1.165) is 16.9 Å². The number of hydrogen-bond acceptors (Lipinski definition) is 5. The van der Waals surface area contributed by atoms with E-state index in [9.17, 15) is 9.90 Å². The lowest BCUT2D eigenvalue weighted by Gasteiger charge is -2.15. The highest BCUT2D eigenvalue weighted by Gasteiger charge is 2.27. The van der Waals surface area contributed by atoms with E-state index in [-0.39, 0.29) is 24.4 Å². The Kier molecular flexibility index (Phi) is 9.07. The van der Waals surface area contributed by atoms with Crippen molar-refractivity contribution in [2.45, 2.75) is 39.0 Å². The molecule has 0 spiro atoms. The Morgan fingerprint density at radius 1 is 1.42 bits per heavy atom. The van der Waals surface area contributed by atoms with Crippen LogP contribution in [0.5, 0.6) is 5.75 Å². The first kappa shape index (κ1) is 20.7. The van der Waals surface area contributed by atoms with Crippen LogP contribution in [0, 0.1) is 6.92 Å². The first-order valence-corrected chi connectivity index (χ1v) is 8.09. The van der Waals surface area contributed by atoms with Crippen LogP contribution in [0.1, 0.15) is 24.5 Å². The van der Waals surface area contributed by atoms with Gasteiger partial charge in [-0.15, -0.1) is 12.4 Å². The van der Waals surface area contributed by atoms with Gasteiger partial charge in [0, 0.05) is 25.3 Å². The van der Waals surface area contributed by atoms with Crippen LogP contribution in [0.4, 0.5) is 0 Å². The van der Waals surface area contributed by atoms with E-state index >= 15 is 0 Å². The minimum Gasteiger partial charge on any atom is -0.491 e. The van der Waals surface area contributed by atoms with Gasteiger partial charge in [-0.05, 0) is 31.9 Å². The number of aliphatic hydroxyl groups is 1. The molecule has 7 heteroatoms. The first-order valence-electron chi connectivity index (χ1n) is 8.09. The van der Waals surface area contributed by atoms with Gasteiger partial charge in [-0.25, -0.2) is 0 Å². The van der Waals surface area contributed by atoms with Crippen LogP contribution in [0.3, 0.4) is 0 Å². The molecule has 0 saturated carbocycles. The summed E-state index contributed by atoms with van der Waals surface area (Å²) in [7, 11) is 0. The number of benzene rings is 1. The van der Waals surface area contributed by atoms with Crippen molar-refractivity contribution < 1.29 is 19.4 Å². The molecule has 0 radical (unpaired) electrons. The summed E-state index contributed by atoms with van der Waals surface area (Å²) in [5, 5.41) is 15.4. The van der Waals surface area contributed by atoms with E-state index in [0.29, 0.717) is 39.3 Å². The molecule has 2 unspecified atom stereocenters. The molecule has 2 rings (SSSR count). The SMILES string of the molecule is CCOCCOc1cc(C)ccc1CNC(=O)C1CC(O)CN1.Cl. The van der Waals surface area contributed by atoms with E-state index in [2.05, 4.69) is 10.6 Å². The van der Waals surface area contributed by atoms with Crippen molar-refractivity contribution in [1.82, 2.24) is 10.6 Å². The number of ether oxygens (including phenoxy) is 2. The van der Waals surface area contributed by atoms with Crippen LogP contribution in [-0.2, 0) is 16.1 Å². The molecule has 24 heavy (non-hydrogen) atoms. The summed E-state index contributed by atoms with van der Waals surface area (Å²) < 4.78 is 11.0. The van der Waals surface area contributed by atoms with Gasteiger partial charge in [0.2, 0.25) is 5.91 Å². The van der Waals surface area contributed by atoms with Crippen molar-refractivity contribution in [3.63, 3.8) is 0 Å². The third kappa shape index (κ3) is 6.28. The molecule has 1 aliphatic heterocycles. The predicted molar refractivity (Wildman–Crippen MR) is 94.7 cm³/mol. The number of aliphatic hydroxyl groups excluding tert-OH is 1. The van der Waals surface area contributed by atoms with E-state index in [1.165, 1.54) is 0 Å². The fourth-order valence-corrected chi connectivity index (χ4v) is 2.52. The van der Waals surface area contributed by atoms with Crippen molar-refractivity contribution in [1.29, 1.82) is 0 Å². The van der Waals surface area contributed by atoms with E-state index in [4.69, 9.17) is 9.47 Å². The van der Waals surface area contributed by atoms with Crippen LogP contribution in [0.2, 0.25) is 0 Å². The highest BCUT2D eigenvalue weighted by Crippen LogP contribution is 2.20. The number of rotatable bonds is 8. The van der Waals surface area contributed by atoms with Gasteiger partial charge in [0.05, 0.1) is 18.8 Å². The number of aryl methyl sites for hydroxylation is 1. The first-order chi connectivity index (χ1) is 11.1. The molecule has 0 bridgehead atoms. The average molecular weight is 359 g/mol. The topological polar surface area (TPSA) is 79.8 Å². The van der Waals surface area contributed by atoms with Crippen molar-refractivity contribution in [2.75, 3.05) is 26.4 Å². The second kappa shape index (κ2) is 10.5. The second-order valence-electron chi connectivity index (χ2n) is 5.72. The second-order valence-corrected chi connectivity index (χ2v) is 5.72. The highest BCUT2D eigenvalue weighted by atomic mass is 35.5. The van der Waals surface area contributed by atoms with Gasteiger partial charge in [0.1, 0.15) is 12.4 Å². The fourth-order valence-electron chi connectivity index (χ4n) is 2.52. The summed E-state index contributed by atoms with van der Waals surface area (Å²) in [6.45, 7) is 6.50. The van der Waals surface area contributed by atoms with E-state index in [1.807, 2.05) is 32.0 Å². The maximum Gasteiger partial charge on any atom is 0.237 e. The largest absolute Gasteiger partial charge is 0.491 e. The summed E-state index contributed by atoms with van der Waals surface area (Å²) in [5.74, 6) is 0.673. The van der Waals surface area contributed by atoms with Crippen molar-refractivity contribution in [2.24, 2.45) is 0 Å². The summed E-state index contributed by atoms with van der Waals surface area (Å²) in [6.07, 6.45) is 0.0137. The smallest absolute Gasteiger partial charge is 0.237 e. The zero-order valence-electron chi connectivity index (χ0n) is 14.2. The average Bonchev–Trinajstić information content (AvgIpc) is 2.97. The van der Waals surface area contributed by atoms with Crippen molar-refractivity contribution in [3.05, 3.63) is 29.3 Å². The molecule has 136 valence electrons. The van der Waals surface area contributed by atoms with Crippen molar-refractivity contribution in [3.8, 4) is 5.75 Å². The Morgan fingerprint density at radius 3 is 2.88 bits per heavy atom. The molecule has 1 fully saturated rings. The number of carbonyl (C=O) groups is 1. The molecular formula is C17H27ClN2O4. The third-order valence-corrected chi connectivity index (χ3v) is 3.79. The molecule has 6 nitrogen and oxygen atoms in total. The van der Waals surface area contributed by atoms with E-state index in [1.54, 1.807) is 0 Å². The third-order valence-electron chi connectivity index (χ3n) is 3.79. The van der Waals surface area contributed by atoms with Gasteiger partial charge in [0.15, 0.2) is 0 Å². The zero-order valence-corrected chi connectivity index (χ0v) is 15.0. The maximum absolute atomic E-state index is 12.1. The molecule has 1 aromatic rings. The molecule has 1 heterocycles.